The van der Waals surface area contributed by atoms with Crippen molar-refractivity contribution in [2.45, 2.75) is 12.5 Å². The Hall–Kier alpha value is -2.12. The maximum Gasteiger partial charge on any atom is 0.255 e. The number of morpholine rings is 1. The Bertz CT molecular complexity index is 483. The van der Waals surface area contributed by atoms with Crippen LogP contribution in [0.5, 0.6) is 5.75 Å². The molecule has 1 heterocycles. The molecule has 21 heavy (non-hydrogen) atoms. The van der Waals surface area contributed by atoms with Crippen LogP contribution in [0.4, 0.5) is 5.69 Å². The first-order chi connectivity index (χ1) is 10.1. The van der Waals surface area contributed by atoms with E-state index in [4.69, 9.17) is 15.2 Å². The van der Waals surface area contributed by atoms with Crippen LogP contribution >= 0.6 is 0 Å². The van der Waals surface area contributed by atoms with Crippen LogP contribution in [0.2, 0.25) is 0 Å². The van der Waals surface area contributed by atoms with Gasteiger partial charge in [-0.1, -0.05) is 0 Å². The first kappa shape index (κ1) is 15.3. The highest BCUT2D eigenvalue weighted by Crippen LogP contribution is 2.16. The molecule has 1 aliphatic heterocycles. The Balaban J connectivity index is 1.79. The average Bonchev–Trinajstić information content (AvgIpc) is 2.47. The van der Waals surface area contributed by atoms with E-state index >= 15 is 0 Å². The second kappa shape index (κ2) is 7.61. The zero-order chi connectivity index (χ0) is 15.1. The lowest BCUT2D eigenvalue weighted by Crippen LogP contribution is -2.40. The highest BCUT2D eigenvalue weighted by atomic mass is 16.5. The van der Waals surface area contributed by atoms with Gasteiger partial charge in [-0.3, -0.25) is 9.59 Å². The molecule has 0 spiro atoms. The molecule has 4 N–H and O–H groups in total. The summed E-state index contributed by atoms with van der Waals surface area (Å²) in [7, 11) is 0. The molecule has 0 aromatic heterocycles. The third-order valence-electron chi connectivity index (χ3n) is 2.94. The number of hydrogen-bond donors (Lipinski definition) is 3. The molecule has 0 saturated carbocycles. The number of benzene rings is 1. The zero-order valence-electron chi connectivity index (χ0n) is 11.6. The summed E-state index contributed by atoms with van der Waals surface area (Å²) >= 11 is 0. The molecule has 1 fully saturated rings. The molecule has 1 aliphatic rings. The van der Waals surface area contributed by atoms with Crippen molar-refractivity contribution < 1.29 is 19.1 Å². The molecule has 2 rings (SSSR count). The minimum Gasteiger partial charge on any atom is -0.484 e. The second-order valence-electron chi connectivity index (χ2n) is 4.73. The fourth-order valence-electron chi connectivity index (χ4n) is 1.96. The molecule has 7 heteroatoms. The van der Waals surface area contributed by atoms with Gasteiger partial charge in [0.1, 0.15) is 5.75 Å². The number of ether oxygens (including phenoxy) is 2. The van der Waals surface area contributed by atoms with E-state index in [0.29, 0.717) is 31.0 Å². The summed E-state index contributed by atoms with van der Waals surface area (Å²) in [5, 5.41) is 5.96. The number of nitrogens with two attached hydrogens (primary N) is 1. The van der Waals surface area contributed by atoms with Crippen LogP contribution in [0.3, 0.4) is 0 Å². The van der Waals surface area contributed by atoms with Crippen molar-refractivity contribution >= 4 is 17.5 Å². The number of primary amides is 1. The Kier molecular flexibility index (Phi) is 5.53. The number of hydrogen-bond acceptors (Lipinski definition) is 5. The van der Waals surface area contributed by atoms with Gasteiger partial charge in [0.25, 0.3) is 5.91 Å². The normalized spacial score (nSPS) is 18.0. The molecule has 2 amide bonds. The van der Waals surface area contributed by atoms with Crippen LogP contribution in [-0.4, -0.2) is 44.2 Å². The van der Waals surface area contributed by atoms with Crippen LogP contribution in [0.25, 0.3) is 0 Å². The summed E-state index contributed by atoms with van der Waals surface area (Å²) in [6, 6.07) is 6.73. The van der Waals surface area contributed by atoms with Gasteiger partial charge in [-0.25, -0.2) is 0 Å². The monoisotopic (exact) mass is 293 g/mol. The van der Waals surface area contributed by atoms with Gasteiger partial charge in [0.05, 0.1) is 19.1 Å². The zero-order valence-corrected chi connectivity index (χ0v) is 11.6. The smallest absolute Gasteiger partial charge is 0.255 e. The first-order valence-electron chi connectivity index (χ1n) is 6.77. The van der Waals surface area contributed by atoms with E-state index in [1.54, 1.807) is 24.3 Å². The minimum absolute atomic E-state index is 0.0862. The van der Waals surface area contributed by atoms with E-state index in [1.165, 1.54) is 0 Å². The fourth-order valence-corrected chi connectivity index (χ4v) is 1.96. The van der Waals surface area contributed by atoms with Crippen molar-refractivity contribution in [2.75, 3.05) is 31.6 Å². The summed E-state index contributed by atoms with van der Waals surface area (Å²) in [5.41, 5.74) is 5.65. The van der Waals surface area contributed by atoms with Gasteiger partial charge < -0.3 is 25.8 Å². The lowest BCUT2D eigenvalue weighted by molar-refractivity contribution is -0.120. The van der Waals surface area contributed by atoms with E-state index in [9.17, 15) is 9.59 Å². The lowest BCUT2D eigenvalue weighted by Gasteiger charge is -2.23. The molecule has 1 saturated heterocycles. The number of amides is 2. The van der Waals surface area contributed by atoms with E-state index < -0.39 is 5.91 Å². The van der Waals surface area contributed by atoms with Crippen molar-refractivity contribution in [3.63, 3.8) is 0 Å². The maximum atomic E-state index is 11.9. The summed E-state index contributed by atoms with van der Waals surface area (Å²) in [5.74, 6) is -0.116. The molecule has 1 aromatic carbocycles. The third kappa shape index (κ3) is 5.41. The summed E-state index contributed by atoms with van der Waals surface area (Å²) in [6.07, 6.45) is 0.226. The highest BCUT2D eigenvalue weighted by Gasteiger charge is 2.17. The van der Waals surface area contributed by atoms with Crippen molar-refractivity contribution in [3.05, 3.63) is 24.3 Å². The molecule has 0 radical (unpaired) electrons. The van der Waals surface area contributed by atoms with Gasteiger partial charge >= 0.3 is 0 Å². The van der Waals surface area contributed by atoms with Crippen LogP contribution < -0.4 is 21.1 Å². The van der Waals surface area contributed by atoms with Gasteiger partial charge in [0, 0.05) is 18.8 Å². The molecule has 7 nitrogen and oxygen atoms in total. The number of carbonyl (C=O) groups is 2. The topological polar surface area (TPSA) is 103 Å². The van der Waals surface area contributed by atoms with Gasteiger partial charge in [-0.15, -0.1) is 0 Å². The van der Waals surface area contributed by atoms with Crippen LogP contribution in [0.15, 0.2) is 24.3 Å². The lowest BCUT2D eigenvalue weighted by atomic mass is 10.2. The Morgan fingerprint density at radius 2 is 2.14 bits per heavy atom. The van der Waals surface area contributed by atoms with Crippen LogP contribution in [-0.2, 0) is 14.3 Å². The molecule has 1 atom stereocenters. The number of carbonyl (C=O) groups excluding carboxylic acids is 2. The molecular formula is C14H19N3O4. The Labute approximate surface area is 122 Å². The van der Waals surface area contributed by atoms with E-state index in [1.807, 2.05) is 0 Å². The largest absolute Gasteiger partial charge is 0.484 e. The van der Waals surface area contributed by atoms with Gasteiger partial charge in [0.2, 0.25) is 5.91 Å². The van der Waals surface area contributed by atoms with Crippen molar-refractivity contribution in [2.24, 2.45) is 5.73 Å². The molecule has 0 aliphatic carbocycles. The predicted molar refractivity (Wildman–Crippen MR) is 77.0 cm³/mol. The fraction of sp³-hybridized carbons (Fsp3) is 0.429. The molecule has 0 bridgehead atoms. The summed E-state index contributed by atoms with van der Waals surface area (Å²) in [4.78, 5) is 22.5. The van der Waals surface area contributed by atoms with E-state index in [0.717, 1.165) is 6.54 Å². The molecule has 1 aromatic rings. The number of anilines is 1. The van der Waals surface area contributed by atoms with Crippen molar-refractivity contribution in [3.8, 4) is 5.75 Å². The van der Waals surface area contributed by atoms with Crippen LogP contribution in [0.1, 0.15) is 6.42 Å². The molecular weight excluding hydrogens is 274 g/mol. The van der Waals surface area contributed by atoms with Gasteiger partial charge in [-0.2, -0.15) is 0 Å². The minimum atomic E-state index is -0.534. The highest BCUT2D eigenvalue weighted by molar-refractivity contribution is 5.91. The van der Waals surface area contributed by atoms with Crippen molar-refractivity contribution in [1.82, 2.24) is 5.32 Å². The average molecular weight is 293 g/mol. The first-order valence-corrected chi connectivity index (χ1v) is 6.77. The van der Waals surface area contributed by atoms with E-state index in [2.05, 4.69) is 10.6 Å². The second-order valence-corrected chi connectivity index (χ2v) is 4.73. The predicted octanol–water partition coefficient (Wildman–Crippen LogP) is -0.132. The van der Waals surface area contributed by atoms with E-state index in [-0.39, 0.29) is 18.6 Å². The quantitative estimate of drug-likeness (QED) is 0.678. The summed E-state index contributed by atoms with van der Waals surface area (Å²) in [6.45, 7) is 1.97. The maximum absolute atomic E-state index is 11.9. The van der Waals surface area contributed by atoms with Crippen LogP contribution in [0, 0.1) is 0 Å². The van der Waals surface area contributed by atoms with Crippen molar-refractivity contribution in [1.29, 1.82) is 0 Å². The summed E-state index contributed by atoms with van der Waals surface area (Å²) < 4.78 is 10.6. The van der Waals surface area contributed by atoms with Gasteiger partial charge in [-0.05, 0) is 24.3 Å². The van der Waals surface area contributed by atoms with Gasteiger partial charge in [0.15, 0.2) is 6.61 Å². The number of rotatable bonds is 6. The standard InChI is InChI=1S/C14H19N3O4/c15-13(18)9-21-11-3-1-10(2-4-11)17-14(19)7-12-8-16-5-6-20-12/h1-4,12,16H,5-9H2,(H2,15,18)(H,17,19). The molecule has 1 unspecified atom stereocenters. The molecule has 114 valence electrons. The Morgan fingerprint density at radius 1 is 1.38 bits per heavy atom. The number of nitrogens with one attached hydrogen (secondary N) is 2. The Morgan fingerprint density at radius 3 is 2.76 bits per heavy atom. The third-order valence-corrected chi connectivity index (χ3v) is 2.94. The SMILES string of the molecule is NC(=O)COc1ccc(NC(=O)CC2CNCCO2)cc1.